The van der Waals surface area contributed by atoms with Crippen LogP contribution in [0.5, 0.6) is 0 Å². The predicted molar refractivity (Wildman–Crippen MR) is 137 cm³/mol. The third kappa shape index (κ3) is 4.86. The van der Waals surface area contributed by atoms with Crippen molar-refractivity contribution in [2.75, 3.05) is 39.9 Å². The molecule has 2 unspecified atom stereocenters. The van der Waals surface area contributed by atoms with Crippen LogP contribution in [0.4, 0.5) is 36.1 Å². The number of aromatic nitrogens is 2. The van der Waals surface area contributed by atoms with E-state index >= 15 is 0 Å². The fraction of sp³-hybridized carbons (Fsp3) is 0.292. The lowest BCUT2D eigenvalue weighted by Gasteiger charge is -2.43. The number of benzene rings is 2. The van der Waals surface area contributed by atoms with Gasteiger partial charge in [0.15, 0.2) is 5.82 Å². The molecule has 5 rings (SSSR count). The van der Waals surface area contributed by atoms with Gasteiger partial charge in [-0.3, -0.25) is 15.1 Å². The quantitative estimate of drug-likeness (QED) is 0.474. The number of fused-ring (bicyclic) bond motifs is 1. The highest BCUT2D eigenvalue weighted by Gasteiger charge is 2.42. The number of carbonyl (C=O) groups is 1. The maximum Gasteiger partial charge on any atom is 0.405 e. The maximum absolute atomic E-state index is 13.4. The summed E-state index contributed by atoms with van der Waals surface area (Å²) in [6.07, 6.45) is -2.15. The molecule has 1 fully saturated rings. The van der Waals surface area contributed by atoms with Crippen LogP contribution in [-0.4, -0.2) is 53.9 Å². The van der Waals surface area contributed by atoms with Gasteiger partial charge in [-0.15, -0.1) is 0 Å². The molecule has 2 aromatic carbocycles. The molecule has 0 aliphatic carbocycles. The van der Waals surface area contributed by atoms with Crippen molar-refractivity contribution in [1.29, 1.82) is 0 Å². The summed E-state index contributed by atoms with van der Waals surface area (Å²) in [5, 5.41) is 4.83. The summed E-state index contributed by atoms with van der Waals surface area (Å²) >= 11 is 12.9. The normalized spacial score (nSPS) is 20.2. The van der Waals surface area contributed by atoms with Crippen LogP contribution in [0.1, 0.15) is 17.3 Å². The van der Waals surface area contributed by atoms with Crippen LogP contribution in [0, 0.1) is 0 Å². The molecule has 13 heteroatoms. The second-order valence-electron chi connectivity index (χ2n) is 8.66. The SMILES string of the molecule is CC1N(Nc2ccc(N3CCNC(C(F)(F)F)C3)cc2)c2ncncc2C(=O)N1c1c(Cl)cccc1Cl. The van der Waals surface area contributed by atoms with Gasteiger partial charge in [0, 0.05) is 31.5 Å². The molecule has 3 heterocycles. The number of nitrogens with zero attached hydrogens (tertiary/aromatic N) is 5. The third-order valence-electron chi connectivity index (χ3n) is 6.35. The van der Waals surface area contributed by atoms with Gasteiger partial charge in [0.25, 0.3) is 5.91 Å². The van der Waals surface area contributed by atoms with E-state index in [0.29, 0.717) is 39.5 Å². The lowest BCUT2D eigenvalue weighted by molar-refractivity contribution is -0.155. The fourth-order valence-electron chi connectivity index (χ4n) is 4.50. The van der Waals surface area contributed by atoms with Crippen molar-refractivity contribution in [1.82, 2.24) is 15.3 Å². The first-order valence-electron chi connectivity index (χ1n) is 11.4. The van der Waals surface area contributed by atoms with Crippen molar-refractivity contribution < 1.29 is 18.0 Å². The van der Waals surface area contributed by atoms with Gasteiger partial charge in [0.05, 0.1) is 21.4 Å². The second-order valence-corrected chi connectivity index (χ2v) is 9.47. The van der Waals surface area contributed by atoms with E-state index in [-0.39, 0.29) is 24.6 Å². The Kier molecular flexibility index (Phi) is 6.78. The van der Waals surface area contributed by atoms with E-state index in [1.165, 1.54) is 17.4 Å². The summed E-state index contributed by atoms with van der Waals surface area (Å²) in [6, 6.07) is 10.4. The first-order valence-corrected chi connectivity index (χ1v) is 12.2. The van der Waals surface area contributed by atoms with Gasteiger partial charge in [-0.05, 0) is 43.3 Å². The molecule has 1 saturated heterocycles. The second kappa shape index (κ2) is 9.88. The number of hydrazine groups is 1. The molecule has 2 aliphatic rings. The lowest BCUT2D eigenvalue weighted by Crippen LogP contribution is -2.57. The Morgan fingerprint density at radius 2 is 1.81 bits per heavy atom. The van der Waals surface area contributed by atoms with Crippen LogP contribution < -0.4 is 25.6 Å². The number of alkyl halides is 3. The van der Waals surface area contributed by atoms with E-state index in [4.69, 9.17) is 23.2 Å². The molecule has 3 aromatic rings. The molecular formula is C24H22Cl2F3N7O. The van der Waals surface area contributed by atoms with Crippen molar-refractivity contribution in [2.24, 2.45) is 0 Å². The number of halogens is 5. The highest BCUT2D eigenvalue weighted by atomic mass is 35.5. The number of carbonyl (C=O) groups excluding carboxylic acids is 1. The van der Waals surface area contributed by atoms with E-state index in [1.54, 1.807) is 59.3 Å². The monoisotopic (exact) mass is 551 g/mol. The first-order chi connectivity index (χ1) is 17.6. The minimum Gasteiger partial charge on any atom is -0.368 e. The van der Waals surface area contributed by atoms with Crippen molar-refractivity contribution in [3.63, 3.8) is 0 Å². The van der Waals surface area contributed by atoms with E-state index in [1.807, 2.05) is 0 Å². The Bertz CT molecular complexity index is 1290. The largest absolute Gasteiger partial charge is 0.405 e. The molecule has 0 spiro atoms. The Morgan fingerprint density at radius 3 is 2.49 bits per heavy atom. The zero-order valence-corrected chi connectivity index (χ0v) is 21.0. The highest BCUT2D eigenvalue weighted by molar-refractivity contribution is 6.40. The molecule has 37 heavy (non-hydrogen) atoms. The number of hydrogen-bond acceptors (Lipinski definition) is 7. The van der Waals surface area contributed by atoms with Crippen LogP contribution in [0.2, 0.25) is 10.0 Å². The molecule has 1 amide bonds. The van der Waals surface area contributed by atoms with Gasteiger partial charge in [-0.25, -0.2) is 15.0 Å². The summed E-state index contributed by atoms with van der Waals surface area (Å²) in [5.74, 6) is 0.00977. The van der Waals surface area contributed by atoms with Crippen LogP contribution in [0.15, 0.2) is 55.0 Å². The summed E-state index contributed by atoms with van der Waals surface area (Å²) in [5.41, 5.74) is 5.19. The standard InChI is InChI=1S/C24H22Cl2F3N7O/c1-14-35(21-18(25)3-2-4-19(21)26)23(37)17-11-30-13-32-22(17)36(14)33-15-5-7-16(8-6-15)34-10-9-31-20(12-34)24(27,28)29/h2-8,11,13-14,20,31,33H,9-10,12H2,1H3. The smallest absolute Gasteiger partial charge is 0.368 e. The van der Waals surface area contributed by atoms with Crippen molar-refractivity contribution in [2.45, 2.75) is 25.3 Å². The van der Waals surface area contributed by atoms with Gasteiger partial charge < -0.3 is 10.2 Å². The average Bonchev–Trinajstić information content (AvgIpc) is 2.88. The van der Waals surface area contributed by atoms with Crippen LogP contribution in [0.3, 0.4) is 0 Å². The zero-order chi connectivity index (χ0) is 26.3. The Hall–Kier alpha value is -3.28. The maximum atomic E-state index is 13.4. The Morgan fingerprint density at radius 1 is 1.11 bits per heavy atom. The van der Waals surface area contributed by atoms with Gasteiger partial charge in [-0.1, -0.05) is 29.3 Å². The van der Waals surface area contributed by atoms with Crippen LogP contribution >= 0.6 is 23.2 Å². The molecule has 194 valence electrons. The number of para-hydroxylation sites is 1. The van der Waals surface area contributed by atoms with E-state index in [0.717, 1.165) is 0 Å². The summed E-state index contributed by atoms with van der Waals surface area (Å²) in [6.45, 7) is 2.32. The summed E-state index contributed by atoms with van der Waals surface area (Å²) in [7, 11) is 0. The molecule has 0 saturated carbocycles. The highest BCUT2D eigenvalue weighted by Crippen LogP contribution is 2.40. The van der Waals surface area contributed by atoms with Crippen molar-refractivity contribution >= 4 is 52.0 Å². The molecule has 0 bridgehead atoms. The number of piperazine rings is 1. The number of rotatable bonds is 4. The number of anilines is 4. The number of amides is 1. The minimum atomic E-state index is -4.31. The first kappa shape index (κ1) is 25.4. The van der Waals surface area contributed by atoms with Crippen molar-refractivity contribution in [3.05, 3.63) is 70.6 Å². The average molecular weight is 552 g/mol. The Labute approximate surface area is 221 Å². The van der Waals surface area contributed by atoms with Gasteiger partial charge in [0.2, 0.25) is 0 Å². The molecule has 1 aromatic heterocycles. The van der Waals surface area contributed by atoms with Gasteiger partial charge >= 0.3 is 6.18 Å². The molecule has 2 aliphatic heterocycles. The molecule has 2 atom stereocenters. The van der Waals surface area contributed by atoms with E-state index in [9.17, 15) is 18.0 Å². The topological polar surface area (TPSA) is 76.6 Å². The molecular weight excluding hydrogens is 530 g/mol. The molecule has 8 nitrogen and oxygen atoms in total. The van der Waals surface area contributed by atoms with Crippen LogP contribution in [-0.2, 0) is 0 Å². The van der Waals surface area contributed by atoms with Crippen molar-refractivity contribution in [3.8, 4) is 0 Å². The fourth-order valence-corrected chi connectivity index (χ4v) is 5.08. The Balaban J connectivity index is 1.43. The van der Waals surface area contributed by atoms with E-state index in [2.05, 4.69) is 20.7 Å². The minimum absolute atomic E-state index is 0.167. The number of nitrogens with one attached hydrogen (secondary N) is 2. The van der Waals surface area contributed by atoms with Crippen LogP contribution in [0.25, 0.3) is 0 Å². The molecule has 0 radical (unpaired) electrons. The number of hydrogen-bond donors (Lipinski definition) is 2. The van der Waals surface area contributed by atoms with Gasteiger partial charge in [0.1, 0.15) is 24.1 Å². The third-order valence-corrected chi connectivity index (χ3v) is 6.96. The predicted octanol–water partition coefficient (Wildman–Crippen LogP) is 4.96. The molecule has 2 N–H and O–H groups in total. The summed E-state index contributed by atoms with van der Waals surface area (Å²) < 4.78 is 39.6. The van der Waals surface area contributed by atoms with E-state index < -0.39 is 18.4 Å². The summed E-state index contributed by atoms with van der Waals surface area (Å²) in [4.78, 5) is 24.9. The van der Waals surface area contributed by atoms with Gasteiger partial charge in [-0.2, -0.15) is 13.2 Å². The zero-order valence-electron chi connectivity index (χ0n) is 19.5. The lowest BCUT2D eigenvalue weighted by atomic mass is 10.1.